The Labute approximate surface area is 96.6 Å². The molecule has 16 heavy (non-hydrogen) atoms. The van der Waals surface area contributed by atoms with Crippen LogP contribution in [0.1, 0.15) is 38.5 Å². The lowest BCUT2D eigenvalue weighted by Crippen LogP contribution is -2.41. The Morgan fingerprint density at radius 1 is 0.938 bits per heavy atom. The first kappa shape index (κ1) is 12.3. The lowest BCUT2D eigenvalue weighted by Gasteiger charge is -2.42. The minimum Gasteiger partial charge on any atom is -0.396 e. The van der Waals surface area contributed by atoms with Crippen molar-refractivity contribution in [3.05, 3.63) is 0 Å². The molecule has 1 saturated carbocycles. The van der Waals surface area contributed by atoms with E-state index in [0.29, 0.717) is 13.2 Å². The SMILES string of the molecule is OCCCC1(CO)CCC2(CC1)OCCO2. The second-order valence-electron chi connectivity index (χ2n) is 5.09. The van der Waals surface area contributed by atoms with E-state index < -0.39 is 0 Å². The molecule has 1 saturated heterocycles. The van der Waals surface area contributed by atoms with Crippen molar-refractivity contribution in [2.75, 3.05) is 26.4 Å². The van der Waals surface area contributed by atoms with Crippen molar-refractivity contribution in [1.29, 1.82) is 0 Å². The van der Waals surface area contributed by atoms with Gasteiger partial charge in [0.2, 0.25) is 0 Å². The molecule has 2 rings (SSSR count). The minimum absolute atomic E-state index is 0.0106. The summed E-state index contributed by atoms with van der Waals surface area (Å²) in [6.45, 7) is 1.81. The zero-order chi connectivity index (χ0) is 11.5. The Bertz CT molecular complexity index is 213. The van der Waals surface area contributed by atoms with Crippen molar-refractivity contribution < 1.29 is 19.7 Å². The predicted octanol–water partition coefficient (Wildman–Crippen LogP) is 1.05. The molecule has 1 heterocycles. The maximum Gasteiger partial charge on any atom is 0.168 e. The molecule has 4 heteroatoms. The van der Waals surface area contributed by atoms with Crippen LogP contribution >= 0.6 is 0 Å². The molecule has 0 aromatic heterocycles. The van der Waals surface area contributed by atoms with Crippen LogP contribution in [-0.4, -0.2) is 42.4 Å². The monoisotopic (exact) mass is 230 g/mol. The molecule has 0 amide bonds. The molecule has 94 valence electrons. The van der Waals surface area contributed by atoms with Crippen LogP contribution < -0.4 is 0 Å². The maximum atomic E-state index is 9.54. The van der Waals surface area contributed by atoms with Crippen LogP contribution in [-0.2, 0) is 9.47 Å². The summed E-state index contributed by atoms with van der Waals surface area (Å²) in [6.07, 6.45) is 5.29. The number of hydrogen-bond donors (Lipinski definition) is 2. The molecule has 0 aromatic carbocycles. The van der Waals surface area contributed by atoms with Crippen LogP contribution in [0, 0.1) is 5.41 Å². The van der Waals surface area contributed by atoms with Crippen LogP contribution in [0.3, 0.4) is 0 Å². The van der Waals surface area contributed by atoms with Gasteiger partial charge < -0.3 is 19.7 Å². The molecule has 2 fully saturated rings. The highest BCUT2D eigenvalue weighted by Crippen LogP contribution is 2.46. The second-order valence-corrected chi connectivity index (χ2v) is 5.09. The zero-order valence-electron chi connectivity index (χ0n) is 9.78. The van der Waals surface area contributed by atoms with Crippen LogP contribution in [0.4, 0.5) is 0 Å². The van der Waals surface area contributed by atoms with E-state index in [1.54, 1.807) is 0 Å². The van der Waals surface area contributed by atoms with E-state index in [9.17, 15) is 5.11 Å². The van der Waals surface area contributed by atoms with Gasteiger partial charge in [0.15, 0.2) is 5.79 Å². The van der Waals surface area contributed by atoms with Gasteiger partial charge in [0.1, 0.15) is 0 Å². The lowest BCUT2D eigenvalue weighted by molar-refractivity contribution is -0.195. The van der Waals surface area contributed by atoms with E-state index >= 15 is 0 Å². The number of rotatable bonds is 4. The third kappa shape index (κ3) is 2.40. The summed E-state index contributed by atoms with van der Waals surface area (Å²) in [5.41, 5.74) is -0.0106. The van der Waals surface area contributed by atoms with Gasteiger partial charge in [-0.15, -0.1) is 0 Å². The number of ether oxygens (including phenoxy) is 2. The zero-order valence-corrected chi connectivity index (χ0v) is 9.78. The summed E-state index contributed by atoms with van der Waals surface area (Å²) in [7, 11) is 0. The fourth-order valence-electron chi connectivity index (χ4n) is 2.89. The van der Waals surface area contributed by atoms with E-state index in [0.717, 1.165) is 38.5 Å². The highest BCUT2D eigenvalue weighted by Gasteiger charge is 2.45. The summed E-state index contributed by atoms with van der Waals surface area (Å²) in [5.74, 6) is -0.349. The van der Waals surface area contributed by atoms with Crippen molar-refractivity contribution in [1.82, 2.24) is 0 Å². The fraction of sp³-hybridized carbons (Fsp3) is 1.00. The Kier molecular flexibility index (Phi) is 3.85. The van der Waals surface area contributed by atoms with Gasteiger partial charge in [0.25, 0.3) is 0 Å². The summed E-state index contributed by atoms with van der Waals surface area (Å²) in [6, 6.07) is 0. The maximum absolute atomic E-state index is 9.54. The van der Waals surface area contributed by atoms with Crippen LogP contribution in [0.2, 0.25) is 0 Å². The van der Waals surface area contributed by atoms with Crippen molar-refractivity contribution in [2.24, 2.45) is 5.41 Å². The van der Waals surface area contributed by atoms with Crippen LogP contribution in [0.15, 0.2) is 0 Å². The van der Waals surface area contributed by atoms with E-state index in [-0.39, 0.29) is 24.4 Å². The fourth-order valence-corrected chi connectivity index (χ4v) is 2.89. The molecular formula is C12H22O4. The Hall–Kier alpha value is -0.160. The molecule has 2 N–H and O–H groups in total. The van der Waals surface area contributed by atoms with E-state index in [1.807, 2.05) is 0 Å². The topological polar surface area (TPSA) is 58.9 Å². The van der Waals surface area contributed by atoms with Gasteiger partial charge in [-0.25, -0.2) is 0 Å². The lowest BCUT2D eigenvalue weighted by atomic mass is 9.70. The van der Waals surface area contributed by atoms with Gasteiger partial charge in [-0.3, -0.25) is 0 Å². The summed E-state index contributed by atoms with van der Waals surface area (Å²) in [5, 5.41) is 18.4. The van der Waals surface area contributed by atoms with Crippen LogP contribution in [0.5, 0.6) is 0 Å². The van der Waals surface area contributed by atoms with E-state index in [1.165, 1.54) is 0 Å². The first-order valence-electron chi connectivity index (χ1n) is 6.24. The van der Waals surface area contributed by atoms with E-state index in [4.69, 9.17) is 14.6 Å². The average molecular weight is 230 g/mol. The molecule has 1 aliphatic carbocycles. The molecule has 0 aromatic rings. The molecule has 4 nitrogen and oxygen atoms in total. The van der Waals surface area contributed by atoms with Gasteiger partial charge in [-0.05, 0) is 31.1 Å². The average Bonchev–Trinajstić information content (AvgIpc) is 2.78. The predicted molar refractivity (Wildman–Crippen MR) is 58.9 cm³/mol. The summed E-state index contributed by atoms with van der Waals surface area (Å²) >= 11 is 0. The summed E-state index contributed by atoms with van der Waals surface area (Å²) < 4.78 is 11.3. The molecule has 0 unspecified atom stereocenters. The first-order valence-corrected chi connectivity index (χ1v) is 6.24. The third-order valence-electron chi connectivity index (χ3n) is 4.09. The molecule has 1 spiro atoms. The molecular weight excluding hydrogens is 208 g/mol. The van der Waals surface area contributed by atoms with Crippen molar-refractivity contribution in [3.8, 4) is 0 Å². The van der Waals surface area contributed by atoms with Gasteiger partial charge >= 0.3 is 0 Å². The smallest absolute Gasteiger partial charge is 0.168 e. The van der Waals surface area contributed by atoms with Gasteiger partial charge in [0.05, 0.1) is 13.2 Å². The van der Waals surface area contributed by atoms with E-state index in [2.05, 4.69) is 0 Å². The normalized spacial score (nSPS) is 27.4. The van der Waals surface area contributed by atoms with Gasteiger partial charge in [-0.2, -0.15) is 0 Å². The molecule has 0 atom stereocenters. The quantitative estimate of drug-likeness (QED) is 0.758. The van der Waals surface area contributed by atoms with Gasteiger partial charge in [-0.1, -0.05) is 0 Å². The molecule has 0 radical (unpaired) electrons. The van der Waals surface area contributed by atoms with Gasteiger partial charge in [0, 0.05) is 26.1 Å². The highest BCUT2D eigenvalue weighted by molar-refractivity contribution is 4.90. The first-order chi connectivity index (χ1) is 7.74. The number of hydrogen-bond acceptors (Lipinski definition) is 4. The Balaban J connectivity index is 1.90. The molecule has 0 bridgehead atoms. The third-order valence-corrected chi connectivity index (χ3v) is 4.09. The van der Waals surface area contributed by atoms with Crippen molar-refractivity contribution in [3.63, 3.8) is 0 Å². The molecule has 1 aliphatic heterocycles. The van der Waals surface area contributed by atoms with Crippen molar-refractivity contribution >= 4 is 0 Å². The Morgan fingerprint density at radius 3 is 2.06 bits per heavy atom. The Morgan fingerprint density at radius 2 is 1.56 bits per heavy atom. The van der Waals surface area contributed by atoms with Crippen molar-refractivity contribution in [2.45, 2.75) is 44.3 Å². The number of aliphatic hydroxyl groups excluding tert-OH is 2. The largest absolute Gasteiger partial charge is 0.396 e. The standard InChI is InChI=1S/C12H22O4/c13-7-1-2-11(10-14)3-5-12(6-4-11)15-8-9-16-12/h13-14H,1-10H2. The highest BCUT2D eigenvalue weighted by atomic mass is 16.7. The summed E-state index contributed by atoms with van der Waals surface area (Å²) in [4.78, 5) is 0. The molecule has 2 aliphatic rings. The van der Waals surface area contributed by atoms with Crippen LogP contribution in [0.25, 0.3) is 0 Å². The minimum atomic E-state index is -0.349. The second kappa shape index (κ2) is 5.00. The number of aliphatic hydroxyl groups is 2.